The fourth-order valence-corrected chi connectivity index (χ4v) is 4.64. The van der Waals surface area contributed by atoms with Crippen molar-refractivity contribution >= 4 is 17.3 Å². The third-order valence-corrected chi connectivity index (χ3v) is 5.90. The zero-order valence-electron chi connectivity index (χ0n) is 12.4. The molecule has 2 aliphatic rings. The minimum absolute atomic E-state index is 0.0989. The summed E-state index contributed by atoms with van der Waals surface area (Å²) in [6, 6.07) is 5.80. The fraction of sp³-hybridized carbons (Fsp3) is 0.529. The van der Waals surface area contributed by atoms with Gasteiger partial charge in [0.15, 0.2) is 5.76 Å². The number of nitrogens with zero attached hydrogens (tertiary/aromatic N) is 1. The molecule has 22 heavy (non-hydrogen) atoms. The number of thiophene rings is 1. The van der Waals surface area contributed by atoms with Crippen LogP contribution in [0.5, 0.6) is 0 Å². The standard InChI is InChI=1S/C17H19NO3S/c19-17(8-13-7-11-3-4-12(13)6-11)20-10-14-9-15(21-18-14)16-2-1-5-22-16/h1-2,5,9,11-13H,3-4,6-8,10H2/t11-,12-,13+/m1/s1. The summed E-state index contributed by atoms with van der Waals surface area (Å²) in [5, 5.41) is 5.96. The maximum atomic E-state index is 12.0. The van der Waals surface area contributed by atoms with E-state index in [2.05, 4.69) is 5.16 Å². The second kappa shape index (κ2) is 5.88. The maximum Gasteiger partial charge on any atom is 0.306 e. The molecule has 116 valence electrons. The summed E-state index contributed by atoms with van der Waals surface area (Å²) in [6.45, 7) is 0.203. The topological polar surface area (TPSA) is 52.3 Å². The van der Waals surface area contributed by atoms with Crippen molar-refractivity contribution in [2.75, 3.05) is 0 Å². The van der Waals surface area contributed by atoms with E-state index in [1.807, 2.05) is 23.6 Å². The zero-order chi connectivity index (χ0) is 14.9. The molecule has 0 aliphatic heterocycles. The Hall–Kier alpha value is -1.62. The van der Waals surface area contributed by atoms with Crippen molar-refractivity contribution in [1.82, 2.24) is 5.16 Å². The molecule has 0 saturated heterocycles. The SMILES string of the molecule is O=C(C[C@@H]1C[C@@H]2CC[C@@H]1C2)OCc1cc(-c2cccs2)on1. The van der Waals surface area contributed by atoms with Gasteiger partial charge in [-0.2, -0.15) is 0 Å². The van der Waals surface area contributed by atoms with E-state index in [0.29, 0.717) is 18.0 Å². The Morgan fingerprint density at radius 2 is 2.36 bits per heavy atom. The Morgan fingerprint density at radius 3 is 3.09 bits per heavy atom. The van der Waals surface area contributed by atoms with Crippen molar-refractivity contribution in [2.24, 2.45) is 17.8 Å². The number of aromatic nitrogens is 1. The lowest BCUT2D eigenvalue weighted by Crippen LogP contribution is -2.16. The number of ether oxygens (including phenoxy) is 1. The number of hydrogen-bond donors (Lipinski definition) is 0. The lowest BCUT2D eigenvalue weighted by molar-refractivity contribution is -0.146. The molecule has 0 amide bonds. The first-order chi connectivity index (χ1) is 10.8. The molecule has 2 fully saturated rings. The van der Waals surface area contributed by atoms with Crippen LogP contribution in [-0.2, 0) is 16.1 Å². The lowest BCUT2D eigenvalue weighted by Gasteiger charge is -2.20. The molecular weight excluding hydrogens is 298 g/mol. The van der Waals surface area contributed by atoms with Crippen LogP contribution in [0.15, 0.2) is 28.1 Å². The van der Waals surface area contributed by atoms with E-state index in [9.17, 15) is 4.79 Å². The van der Waals surface area contributed by atoms with Crippen LogP contribution >= 0.6 is 11.3 Å². The summed E-state index contributed by atoms with van der Waals surface area (Å²) >= 11 is 1.60. The molecule has 0 aromatic carbocycles. The van der Waals surface area contributed by atoms with Crippen LogP contribution < -0.4 is 0 Å². The molecule has 2 aromatic rings. The highest BCUT2D eigenvalue weighted by molar-refractivity contribution is 7.13. The van der Waals surface area contributed by atoms with Crippen LogP contribution in [0.1, 0.15) is 37.8 Å². The number of hydrogen-bond acceptors (Lipinski definition) is 5. The van der Waals surface area contributed by atoms with Gasteiger partial charge in [-0.25, -0.2) is 0 Å². The van der Waals surface area contributed by atoms with Gasteiger partial charge in [0, 0.05) is 12.5 Å². The van der Waals surface area contributed by atoms with Crippen LogP contribution in [0, 0.1) is 17.8 Å². The minimum Gasteiger partial charge on any atom is -0.459 e. The van der Waals surface area contributed by atoms with Gasteiger partial charge in [-0.15, -0.1) is 11.3 Å². The smallest absolute Gasteiger partial charge is 0.306 e. The molecule has 2 bridgehead atoms. The van der Waals surface area contributed by atoms with Gasteiger partial charge >= 0.3 is 5.97 Å². The lowest BCUT2D eigenvalue weighted by atomic mass is 9.86. The Balaban J connectivity index is 1.28. The van der Waals surface area contributed by atoms with Gasteiger partial charge in [0.25, 0.3) is 0 Å². The van der Waals surface area contributed by atoms with Crippen molar-refractivity contribution in [3.8, 4) is 10.6 Å². The molecule has 5 heteroatoms. The van der Waals surface area contributed by atoms with Crippen LogP contribution in [0.3, 0.4) is 0 Å². The average molecular weight is 317 g/mol. The molecule has 0 spiro atoms. The summed E-state index contributed by atoms with van der Waals surface area (Å²) in [5.41, 5.74) is 0.671. The summed E-state index contributed by atoms with van der Waals surface area (Å²) in [7, 11) is 0. The van der Waals surface area contributed by atoms with Crippen molar-refractivity contribution in [1.29, 1.82) is 0 Å². The second-order valence-electron chi connectivity index (χ2n) is 6.46. The predicted octanol–water partition coefficient (Wildman–Crippen LogP) is 4.27. The first-order valence-electron chi connectivity index (χ1n) is 7.93. The van der Waals surface area contributed by atoms with Gasteiger partial charge in [0.1, 0.15) is 12.3 Å². The van der Waals surface area contributed by atoms with Crippen molar-refractivity contribution in [3.63, 3.8) is 0 Å². The van der Waals surface area contributed by atoms with Crippen LogP contribution in [0.2, 0.25) is 0 Å². The van der Waals surface area contributed by atoms with E-state index in [0.717, 1.165) is 22.5 Å². The number of carbonyl (C=O) groups excluding carboxylic acids is 1. The molecule has 4 rings (SSSR count). The largest absolute Gasteiger partial charge is 0.459 e. The highest BCUT2D eigenvalue weighted by Gasteiger charge is 2.40. The third-order valence-electron chi connectivity index (χ3n) is 5.02. The van der Waals surface area contributed by atoms with Gasteiger partial charge in [-0.1, -0.05) is 17.6 Å². The van der Waals surface area contributed by atoms with Crippen LogP contribution in [-0.4, -0.2) is 11.1 Å². The predicted molar refractivity (Wildman–Crippen MR) is 83.2 cm³/mol. The number of esters is 1. The third kappa shape index (κ3) is 2.82. The van der Waals surface area contributed by atoms with E-state index < -0.39 is 0 Å². The first kappa shape index (κ1) is 14.0. The Kier molecular flexibility index (Phi) is 3.74. The van der Waals surface area contributed by atoms with E-state index in [4.69, 9.17) is 9.26 Å². The minimum atomic E-state index is -0.0989. The van der Waals surface area contributed by atoms with Crippen molar-refractivity contribution in [2.45, 2.75) is 38.7 Å². The normalized spacial score (nSPS) is 26.5. The Labute approximate surface area is 133 Å². The molecule has 3 atom stereocenters. The summed E-state index contributed by atoms with van der Waals surface area (Å²) in [4.78, 5) is 13.0. The van der Waals surface area contributed by atoms with E-state index in [-0.39, 0.29) is 12.6 Å². The molecule has 2 heterocycles. The highest BCUT2D eigenvalue weighted by atomic mass is 32.1. The average Bonchev–Trinajstić information content (AvgIpc) is 3.27. The zero-order valence-corrected chi connectivity index (χ0v) is 13.2. The Morgan fingerprint density at radius 1 is 1.41 bits per heavy atom. The van der Waals surface area contributed by atoms with Crippen molar-refractivity contribution in [3.05, 3.63) is 29.3 Å². The monoisotopic (exact) mass is 317 g/mol. The Bertz CT molecular complexity index is 649. The molecule has 0 radical (unpaired) electrons. The maximum absolute atomic E-state index is 12.0. The summed E-state index contributed by atoms with van der Waals surface area (Å²) in [5.74, 6) is 2.80. The van der Waals surface area contributed by atoms with Gasteiger partial charge < -0.3 is 9.26 Å². The molecule has 0 unspecified atom stereocenters. The highest BCUT2D eigenvalue weighted by Crippen LogP contribution is 2.49. The van der Waals surface area contributed by atoms with Crippen LogP contribution in [0.25, 0.3) is 10.6 Å². The van der Waals surface area contributed by atoms with Gasteiger partial charge in [0.2, 0.25) is 0 Å². The quantitative estimate of drug-likeness (QED) is 0.773. The molecular formula is C17H19NO3S. The molecule has 4 nitrogen and oxygen atoms in total. The summed E-state index contributed by atoms with van der Waals surface area (Å²) in [6.07, 6.45) is 5.77. The summed E-state index contributed by atoms with van der Waals surface area (Å²) < 4.78 is 10.7. The van der Waals surface area contributed by atoms with Gasteiger partial charge in [-0.3, -0.25) is 4.79 Å². The van der Waals surface area contributed by atoms with E-state index >= 15 is 0 Å². The van der Waals surface area contributed by atoms with Crippen LogP contribution in [0.4, 0.5) is 0 Å². The molecule has 2 saturated carbocycles. The molecule has 2 aliphatic carbocycles. The number of fused-ring (bicyclic) bond motifs is 2. The molecule has 0 N–H and O–H groups in total. The molecule has 2 aromatic heterocycles. The number of rotatable bonds is 5. The van der Waals surface area contributed by atoms with Gasteiger partial charge in [0.05, 0.1) is 4.88 Å². The first-order valence-corrected chi connectivity index (χ1v) is 8.81. The number of carbonyl (C=O) groups is 1. The van der Waals surface area contributed by atoms with Crippen molar-refractivity contribution < 1.29 is 14.1 Å². The second-order valence-corrected chi connectivity index (χ2v) is 7.41. The van der Waals surface area contributed by atoms with E-state index in [1.54, 1.807) is 11.3 Å². The van der Waals surface area contributed by atoms with E-state index in [1.165, 1.54) is 25.7 Å². The van der Waals surface area contributed by atoms with Gasteiger partial charge in [-0.05, 0) is 48.5 Å². The fourth-order valence-electron chi connectivity index (χ4n) is 3.97.